The van der Waals surface area contributed by atoms with Gasteiger partial charge in [-0.1, -0.05) is 19.4 Å². The summed E-state index contributed by atoms with van der Waals surface area (Å²) in [4.78, 5) is 14.2. The molecule has 0 radical (unpaired) electrons. The first-order valence-corrected chi connectivity index (χ1v) is 6.93. The predicted molar refractivity (Wildman–Crippen MR) is 71.6 cm³/mol. The van der Waals surface area contributed by atoms with E-state index in [0.717, 1.165) is 32.1 Å². The van der Waals surface area contributed by atoms with E-state index in [1.807, 2.05) is 0 Å². The number of halogens is 1. The minimum Gasteiger partial charge on any atom is -0.507 e. The third kappa shape index (κ3) is 2.88. The molecule has 1 aromatic rings. The lowest BCUT2D eigenvalue weighted by Gasteiger charge is -2.36. The molecule has 1 N–H and O–H groups in total. The molecule has 0 bridgehead atoms. The number of rotatable bonds is 3. The molecule has 1 unspecified atom stereocenters. The van der Waals surface area contributed by atoms with E-state index in [-0.39, 0.29) is 23.3 Å². The van der Waals surface area contributed by atoms with Gasteiger partial charge in [0.15, 0.2) is 0 Å². The standard InChI is InChI=1S/C15H20FNO2/c1-2-6-11-7-3-4-10-17(11)15(19)14-12(16)8-5-9-13(14)18/h5,8-9,11,18H,2-4,6-7,10H2,1H3. The fourth-order valence-corrected chi connectivity index (χ4v) is 2.77. The van der Waals surface area contributed by atoms with Gasteiger partial charge in [-0.05, 0) is 37.8 Å². The third-order valence-electron chi connectivity index (χ3n) is 3.72. The predicted octanol–water partition coefficient (Wildman–Crippen LogP) is 3.33. The van der Waals surface area contributed by atoms with Crippen molar-refractivity contribution >= 4 is 5.91 Å². The van der Waals surface area contributed by atoms with Crippen molar-refractivity contribution in [1.82, 2.24) is 4.90 Å². The van der Waals surface area contributed by atoms with E-state index in [0.29, 0.717) is 6.54 Å². The Labute approximate surface area is 113 Å². The monoisotopic (exact) mass is 265 g/mol. The zero-order valence-corrected chi connectivity index (χ0v) is 11.2. The van der Waals surface area contributed by atoms with Crippen LogP contribution in [0.15, 0.2) is 18.2 Å². The molecule has 0 spiro atoms. The Kier molecular flexibility index (Phi) is 4.40. The lowest BCUT2D eigenvalue weighted by Crippen LogP contribution is -2.44. The van der Waals surface area contributed by atoms with Gasteiger partial charge in [0.25, 0.3) is 5.91 Å². The van der Waals surface area contributed by atoms with E-state index in [9.17, 15) is 14.3 Å². The molecule has 1 aliphatic rings. The highest BCUT2D eigenvalue weighted by atomic mass is 19.1. The molecule has 19 heavy (non-hydrogen) atoms. The summed E-state index contributed by atoms with van der Waals surface area (Å²) in [6.07, 6.45) is 4.95. The maximum absolute atomic E-state index is 13.8. The molecule has 1 aromatic carbocycles. The lowest BCUT2D eigenvalue weighted by atomic mass is 9.97. The molecule has 0 saturated carbocycles. The molecule has 104 valence electrons. The van der Waals surface area contributed by atoms with E-state index < -0.39 is 5.82 Å². The zero-order chi connectivity index (χ0) is 13.8. The first kappa shape index (κ1) is 13.8. The van der Waals surface area contributed by atoms with Gasteiger partial charge in [-0.15, -0.1) is 0 Å². The van der Waals surface area contributed by atoms with Crippen LogP contribution in [0.1, 0.15) is 49.4 Å². The summed E-state index contributed by atoms with van der Waals surface area (Å²) in [6.45, 7) is 2.73. The topological polar surface area (TPSA) is 40.5 Å². The van der Waals surface area contributed by atoms with Crippen LogP contribution in [0.5, 0.6) is 5.75 Å². The summed E-state index contributed by atoms with van der Waals surface area (Å²) in [5.74, 6) is -1.30. The van der Waals surface area contributed by atoms with Crippen LogP contribution < -0.4 is 0 Å². The average Bonchev–Trinajstić information content (AvgIpc) is 2.39. The normalized spacial score (nSPS) is 19.5. The van der Waals surface area contributed by atoms with E-state index in [2.05, 4.69) is 6.92 Å². The number of carbonyl (C=O) groups is 1. The van der Waals surface area contributed by atoms with Crippen molar-refractivity contribution in [2.24, 2.45) is 0 Å². The maximum Gasteiger partial charge on any atom is 0.260 e. The van der Waals surface area contributed by atoms with Gasteiger partial charge in [-0.25, -0.2) is 4.39 Å². The molecule has 3 nitrogen and oxygen atoms in total. The van der Waals surface area contributed by atoms with Crippen LogP contribution in [-0.2, 0) is 0 Å². The van der Waals surface area contributed by atoms with Crippen LogP contribution in [0.3, 0.4) is 0 Å². The maximum atomic E-state index is 13.8. The number of nitrogens with zero attached hydrogens (tertiary/aromatic N) is 1. The summed E-state index contributed by atoms with van der Waals surface area (Å²) < 4.78 is 13.8. The van der Waals surface area contributed by atoms with Gasteiger partial charge in [0.1, 0.15) is 17.1 Å². The first-order chi connectivity index (χ1) is 9.15. The molecule has 1 amide bonds. The number of phenolic OH excluding ortho intramolecular Hbond substituents is 1. The third-order valence-corrected chi connectivity index (χ3v) is 3.72. The van der Waals surface area contributed by atoms with Gasteiger partial charge in [-0.2, -0.15) is 0 Å². The molecular formula is C15H20FNO2. The molecule has 4 heteroatoms. The number of likely N-dealkylation sites (tertiary alicyclic amines) is 1. The van der Waals surface area contributed by atoms with Crippen LogP contribution in [0.2, 0.25) is 0 Å². The number of hydrogen-bond acceptors (Lipinski definition) is 2. The lowest BCUT2D eigenvalue weighted by molar-refractivity contribution is 0.0592. The number of benzene rings is 1. The molecule has 0 aliphatic carbocycles. The van der Waals surface area contributed by atoms with Crippen molar-refractivity contribution < 1.29 is 14.3 Å². The van der Waals surface area contributed by atoms with Gasteiger partial charge in [0, 0.05) is 12.6 Å². The number of piperidine rings is 1. The number of hydrogen-bond donors (Lipinski definition) is 1. The Bertz CT molecular complexity index is 439. The molecule has 1 aliphatic heterocycles. The number of phenols is 1. The van der Waals surface area contributed by atoms with Gasteiger partial charge in [0.2, 0.25) is 0 Å². The van der Waals surface area contributed by atoms with Gasteiger partial charge in [-0.3, -0.25) is 4.79 Å². The second kappa shape index (κ2) is 6.04. The second-order valence-corrected chi connectivity index (χ2v) is 5.07. The Morgan fingerprint density at radius 1 is 1.47 bits per heavy atom. The van der Waals surface area contributed by atoms with Gasteiger partial charge < -0.3 is 10.0 Å². The fourth-order valence-electron chi connectivity index (χ4n) is 2.77. The second-order valence-electron chi connectivity index (χ2n) is 5.07. The van der Waals surface area contributed by atoms with Crippen molar-refractivity contribution in [2.45, 2.75) is 45.1 Å². The Morgan fingerprint density at radius 3 is 2.95 bits per heavy atom. The summed E-state index contributed by atoms with van der Waals surface area (Å²) in [7, 11) is 0. The van der Waals surface area contributed by atoms with Gasteiger partial charge >= 0.3 is 0 Å². The molecule has 1 atom stereocenters. The van der Waals surface area contributed by atoms with Crippen molar-refractivity contribution in [3.8, 4) is 5.75 Å². The van der Waals surface area contributed by atoms with Crippen LogP contribution in [-0.4, -0.2) is 28.5 Å². The molecule has 0 aromatic heterocycles. The van der Waals surface area contributed by atoms with E-state index >= 15 is 0 Å². The minimum atomic E-state index is -0.647. The largest absolute Gasteiger partial charge is 0.507 e. The summed E-state index contributed by atoms with van der Waals surface area (Å²) in [5, 5.41) is 9.72. The Balaban J connectivity index is 2.26. The summed E-state index contributed by atoms with van der Waals surface area (Å²) in [6, 6.07) is 4.15. The summed E-state index contributed by atoms with van der Waals surface area (Å²) >= 11 is 0. The molecular weight excluding hydrogens is 245 g/mol. The number of amides is 1. The van der Waals surface area contributed by atoms with Crippen LogP contribution >= 0.6 is 0 Å². The van der Waals surface area contributed by atoms with E-state index in [1.54, 1.807) is 4.90 Å². The Morgan fingerprint density at radius 2 is 2.26 bits per heavy atom. The first-order valence-electron chi connectivity index (χ1n) is 6.93. The molecule has 1 fully saturated rings. The SMILES string of the molecule is CCCC1CCCCN1C(=O)c1c(O)cccc1F. The smallest absolute Gasteiger partial charge is 0.260 e. The fraction of sp³-hybridized carbons (Fsp3) is 0.533. The van der Waals surface area contributed by atoms with Crippen molar-refractivity contribution in [3.63, 3.8) is 0 Å². The Hall–Kier alpha value is -1.58. The van der Waals surface area contributed by atoms with Crippen LogP contribution in [0.4, 0.5) is 4.39 Å². The number of aromatic hydroxyl groups is 1. The van der Waals surface area contributed by atoms with Crippen LogP contribution in [0, 0.1) is 5.82 Å². The summed E-state index contributed by atoms with van der Waals surface area (Å²) in [5.41, 5.74) is -0.189. The number of carbonyl (C=O) groups excluding carboxylic acids is 1. The quantitative estimate of drug-likeness (QED) is 0.910. The van der Waals surface area contributed by atoms with E-state index in [4.69, 9.17) is 0 Å². The van der Waals surface area contributed by atoms with Gasteiger partial charge in [0.05, 0.1) is 0 Å². The molecule has 2 rings (SSSR count). The van der Waals surface area contributed by atoms with E-state index in [1.165, 1.54) is 18.2 Å². The highest BCUT2D eigenvalue weighted by Gasteiger charge is 2.29. The minimum absolute atomic E-state index is 0.172. The average molecular weight is 265 g/mol. The molecule has 1 heterocycles. The van der Waals surface area contributed by atoms with Crippen molar-refractivity contribution in [3.05, 3.63) is 29.6 Å². The molecule has 1 saturated heterocycles. The highest BCUT2D eigenvalue weighted by Crippen LogP contribution is 2.27. The van der Waals surface area contributed by atoms with Crippen molar-refractivity contribution in [2.75, 3.05) is 6.54 Å². The zero-order valence-electron chi connectivity index (χ0n) is 11.2. The highest BCUT2D eigenvalue weighted by molar-refractivity contribution is 5.97. The van der Waals surface area contributed by atoms with Crippen molar-refractivity contribution in [1.29, 1.82) is 0 Å². The van der Waals surface area contributed by atoms with Crippen LogP contribution in [0.25, 0.3) is 0 Å².